The highest BCUT2D eigenvalue weighted by Gasteiger charge is 2.18. The van der Waals surface area contributed by atoms with E-state index in [0.29, 0.717) is 6.54 Å². The first-order valence-electron chi connectivity index (χ1n) is 4.26. The van der Waals surface area contributed by atoms with E-state index >= 15 is 0 Å². The summed E-state index contributed by atoms with van der Waals surface area (Å²) in [5.74, 6) is 0.438. The molecule has 0 aromatic rings. The predicted octanol–water partition coefficient (Wildman–Crippen LogP) is 0.969. The van der Waals surface area contributed by atoms with Crippen LogP contribution in [-0.4, -0.2) is 35.9 Å². The quantitative estimate of drug-likeness (QED) is 0.505. The Labute approximate surface area is 72.7 Å². The minimum absolute atomic E-state index is 0.208. The van der Waals surface area contributed by atoms with Gasteiger partial charge in [-0.3, -0.25) is 4.90 Å². The molecule has 0 aromatic heterocycles. The second kappa shape index (κ2) is 4.26. The lowest BCUT2D eigenvalue weighted by atomic mass is 9.99. The molecule has 0 aromatic carbocycles. The van der Waals surface area contributed by atoms with Crippen LogP contribution in [0.15, 0.2) is 12.3 Å². The number of carbonyl (C=O) groups is 1. The summed E-state index contributed by atoms with van der Waals surface area (Å²) in [6.07, 6.45) is 2.86. The molecule has 0 bridgehead atoms. The van der Waals surface area contributed by atoms with Gasteiger partial charge in [-0.05, 0) is 25.9 Å². The van der Waals surface area contributed by atoms with Gasteiger partial charge in [0.2, 0.25) is 0 Å². The molecule has 0 spiro atoms. The zero-order chi connectivity index (χ0) is 8.97. The van der Waals surface area contributed by atoms with Gasteiger partial charge in [-0.25, -0.2) is 0 Å². The van der Waals surface area contributed by atoms with E-state index in [1.807, 2.05) is 0 Å². The molecule has 1 fully saturated rings. The summed E-state index contributed by atoms with van der Waals surface area (Å²) >= 11 is 0. The van der Waals surface area contributed by atoms with Crippen molar-refractivity contribution in [1.82, 2.24) is 4.90 Å². The molecule has 0 saturated carbocycles. The van der Waals surface area contributed by atoms with Crippen LogP contribution in [0.2, 0.25) is 0 Å². The van der Waals surface area contributed by atoms with Gasteiger partial charge in [0.1, 0.15) is 6.29 Å². The molecule has 12 heavy (non-hydrogen) atoms. The van der Waals surface area contributed by atoms with Crippen LogP contribution in [0, 0.1) is 5.92 Å². The third-order valence-electron chi connectivity index (χ3n) is 2.23. The van der Waals surface area contributed by atoms with Gasteiger partial charge in [-0.15, -0.1) is 0 Å². The number of aliphatic hydroxyl groups is 1. The molecular weight excluding hydrogens is 154 g/mol. The van der Waals surface area contributed by atoms with E-state index in [4.69, 9.17) is 5.11 Å². The van der Waals surface area contributed by atoms with E-state index in [-0.39, 0.29) is 11.7 Å². The van der Waals surface area contributed by atoms with E-state index < -0.39 is 0 Å². The zero-order valence-electron chi connectivity index (χ0n) is 7.20. The van der Waals surface area contributed by atoms with Gasteiger partial charge in [-0.2, -0.15) is 0 Å². The first kappa shape index (κ1) is 9.26. The average molecular weight is 169 g/mol. The van der Waals surface area contributed by atoms with Crippen LogP contribution in [0.3, 0.4) is 0 Å². The van der Waals surface area contributed by atoms with Crippen molar-refractivity contribution in [2.75, 3.05) is 19.6 Å². The minimum atomic E-state index is 0.208. The second-order valence-electron chi connectivity index (χ2n) is 3.32. The lowest BCUT2D eigenvalue weighted by Gasteiger charge is -2.28. The number of hydrogen-bond acceptors (Lipinski definition) is 3. The fourth-order valence-corrected chi connectivity index (χ4v) is 1.51. The van der Waals surface area contributed by atoms with Crippen molar-refractivity contribution in [2.45, 2.75) is 12.8 Å². The predicted molar refractivity (Wildman–Crippen MR) is 47.0 cm³/mol. The fraction of sp³-hybridized carbons (Fsp3) is 0.667. The zero-order valence-corrected chi connectivity index (χ0v) is 7.20. The van der Waals surface area contributed by atoms with Gasteiger partial charge in [0, 0.05) is 5.92 Å². The fourth-order valence-electron chi connectivity index (χ4n) is 1.51. The van der Waals surface area contributed by atoms with Crippen molar-refractivity contribution in [3.8, 4) is 0 Å². The van der Waals surface area contributed by atoms with E-state index in [0.717, 1.165) is 32.2 Å². The SMILES string of the molecule is C=C(O)CN1CCC(C=O)CC1. The smallest absolute Gasteiger partial charge is 0.123 e. The molecule has 68 valence electrons. The maximum atomic E-state index is 10.4. The molecule has 0 radical (unpaired) electrons. The van der Waals surface area contributed by atoms with Crippen molar-refractivity contribution in [3.05, 3.63) is 12.3 Å². The Hall–Kier alpha value is -0.830. The number of carbonyl (C=O) groups excluding carboxylic acids is 1. The third-order valence-corrected chi connectivity index (χ3v) is 2.23. The summed E-state index contributed by atoms with van der Waals surface area (Å²) in [7, 11) is 0. The highest BCUT2D eigenvalue weighted by atomic mass is 16.3. The Bertz CT molecular complexity index is 171. The molecular formula is C9H15NO2. The molecule has 3 nitrogen and oxygen atoms in total. The third kappa shape index (κ3) is 2.66. The largest absolute Gasteiger partial charge is 0.512 e. The minimum Gasteiger partial charge on any atom is -0.512 e. The maximum absolute atomic E-state index is 10.4. The average Bonchev–Trinajstić information content (AvgIpc) is 2.05. The molecule has 1 rings (SSSR count). The van der Waals surface area contributed by atoms with Crippen molar-refractivity contribution in [2.24, 2.45) is 5.92 Å². The maximum Gasteiger partial charge on any atom is 0.123 e. The summed E-state index contributed by atoms with van der Waals surface area (Å²) in [6, 6.07) is 0. The summed E-state index contributed by atoms with van der Waals surface area (Å²) < 4.78 is 0. The summed E-state index contributed by atoms with van der Waals surface area (Å²) in [6.45, 7) is 5.76. The number of rotatable bonds is 3. The Balaban J connectivity index is 2.26. The van der Waals surface area contributed by atoms with Crippen molar-refractivity contribution in [3.63, 3.8) is 0 Å². The number of piperidine rings is 1. The lowest BCUT2D eigenvalue weighted by Crippen LogP contribution is -2.35. The number of nitrogens with zero attached hydrogens (tertiary/aromatic N) is 1. The Kier molecular flexibility index (Phi) is 3.29. The number of likely N-dealkylation sites (tertiary alicyclic amines) is 1. The molecule has 0 aliphatic carbocycles. The molecule has 1 aliphatic rings. The van der Waals surface area contributed by atoms with Crippen LogP contribution in [0.25, 0.3) is 0 Å². The van der Waals surface area contributed by atoms with Crippen LogP contribution in [0.4, 0.5) is 0 Å². The van der Waals surface area contributed by atoms with Crippen LogP contribution in [0.5, 0.6) is 0 Å². The second-order valence-corrected chi connectivity index (χ2v) is 3.32. The summed E-state index contributed by atoms with van der Waals surface area (Å²) in [4.78, 5) is 12.5. The van der Waals surface area contributed by atoms with Crippen LogP contribution >= 0.6 is 0 Å². The molecule has 1 aliphatic heterocycles. The molecule has 0 atom stereocenters. The summed E-state index contributed by atoms with van der Waals surface area (Å²) in [5.41, 5.74) is 0. The molecule has 1 heterocycles. The van der Waals surface area contributed by atoms with Gasteiger partial charge in [0.15, 0.2) is 0 Å². The first-order valence-corrected chi connectivity index (χ1v) is 4.26. The lowest BCUT2D eigenvalue weighted by molar-refractivity contribution is -0.112. The monoisotopic (exact) mass is 169 g/mol. The molecule has 1 N–H and O–H groups in total. The highest BCUT2D eigenvalue weighted by Crippen LogP contribution is 2.14. The van der Waals surface area contributed by atoms with Crippen LogP contribution < -0.4 is 0 Å². The van der Waals surface area contributed by atoms with E-state index in [1.54, 1.807) is 0 Å². The first-order chi connectivity index (χ1) is 5.72. The molecule has 3 heteroatoms. The van der Waals surface area contributed by atoms with Gasteiger partial charge in [-0.1, -0.05) is 6.58 Å². The highest BCUT2D eigenvalue weighted by molar-refractivity contribution is 5.53. The van der Waals surface area contributed by atoms with E-state index in [1.165, 1.54) is 0 Å². The van der Waals surface area contributed by atoms with Crippen LogP contribution in [0.1, 0.15) is 12.8 Å². The van der Waals surface area contributed by atoms with Gasteiger partial charge >= 0.3 is 0 Å². The van der Waals surface area contributed by atoms with Gasteiger partial charge < -0.3 is 9.90 Å². The van der Waals surface area contributed by atoms with Crippen molar-refractivity contribution in [1.29, 1.82) is 0 Å². The van der Waals surface area contributed by atoms with Gasteiger partial charge in [0.25, 0.3) is 0 Å². The van der Waals surface area contributed by atoms with E-state index in [2.05, 4.69) is 11.5 Å². The van der Waals surface area contributed by atoms with E-state index in [9.17, 15) is 4.79 Å². The molecule has 0 amide bonds. The number of aldehydes is 1. The standard InChI is InChI=1S/C9H15NO2/c1-8(12)6-10-4-2-9(7-11)3-5-10/h7,9,12H,1-6H2. The summed E-state index contributed by atoms with van der Waals surface area (Å²) in [5, 5.41) is 8.92. The Morgan fingerprint density at radius 2 is 2.17 bits per heavy atom. The van der Waals surface area contributed by atoms with Gasteiger partial charge in [0.05, 0.1) is 12.3 Å². The Morgan fingerprint density at radius 3 is 2.58 bits per heavy atom. The van der Waals surface area contributed by atoms with Crippen molar-refractivity contribution < 1.29 is 9.90 Å². The normalized spacial score (nSPS) is 20.7. The Morgan fingerprint density at radius 1 is 1.58 bits per heavy atom. The van der Waals surface area contributed by atoms with Crippen LogP contribution in [-0.2, 0) is 4.79 Å². The molecule has 0 unspecified atom stereocenters. The topological polar surface area (TPSA) is 40.5 Å². The number of aliphatic hydroxyl groups excluding tert-OH is 1. The van der Waals surface area contributed by atoms with Crippen molar-refractivity contribution >= 4 is 6.29 Å². The number of hydrogen-bond donors (Lipinski definition) is 1. The molecule has 1 saturated heterocycles.